The molecule has 1 amide bonds. The van der Waals surface area contributed by atoms with E-state index in [0.29, 0.717) is 35.8 Å². The van der Waals surface area contributed by atoms with Gasteiger partial charge < -0.3 is 14.6 Å². The van der Waals surface area contributed by atoms with Crippen molar-refractivity contribution in [3.05, 3.63) is 86.2 Å². The molecule has 1 aliphatic carbocycles. The van der Waals surface area contributed by atoms with Gasteiger partial charge in [0.15, 0.2) is 5.78 Å². The monoisotopic (exact) mass is 464 g/mol. The standard InChI is InChI=1S/C25H21ClN2O3S/c1-31-17-6-4-16(21(26)12-17)14-28-22-11-15(25(30)27-13-18-3-2-10-32-18)5-7-19(22)20-8-9-23(29)24(20)28/h2-7,10-12H,8-9,13-14H2,1H3,(H,27,30). The summed E-state index contributed by atoms with van der Waals surface area (Å²) in [7, 11) is 1.60. The van der Waals surface area contributed by atoms with Gasteiger partial charge in [-0.25, -0.2) is 0 Å². The maximum atomic E-state index is 12.8. The summed E-state index contributed by atoms with van der Waals surface area (Å²) >= 11 is 8.10. The lowest BCUT2D eigenvalue weighted by molar-refractivity contribution is 0.0950. The number of aryl methyl sites for hydroxylation is 1. The summed E-state index contributed by atoms with van der Waals surface area (Å²) in [6.07, 6.45) is 1.23. The predicted molar refractivity (Wildman–Crippen MR) is 127 cm³/mol. The third-order valence-electron chi connectivity index (χ3n) is 5.89. The minimum Gasteiger partial charge on any atom is -0.497 e. The molecule has 0 aliphatic heterocycles. The predicted octanol–water partition coefficient (Wildman–Crippen LogP) is 5.47. The van der Waals surface area contributed by atoms with Gasteiger partial charge in [-0.05, 0) is 53.3 Å². The number of hydrogen-bond donors (Lipinski definition) is 1. The molecule has 2 heterocycles. The summed E-state index contributed by atoms with van der Waals surface area (Å²) in [5, 5.41) is 6.56. The number of benzene rings is 2. The Labute approximate surface area is 194 Å². The van der Waals surface area contributed by atoms with Crippen molar-refractivity contribution in [1.29, 1.82) is 0 Å². The van der Waals surface area contributed by atoms with Crippen molar-refractivity contribution in [3.63, 3.8) is 0 Å². The molecule has 5 rings (SSSR count). The molecule has 2 aromatic heterocycles. The van der Waals surface area contributed by atoms with Crippen LogP contribution in [0.4, 0.5) is 0 Å². The fourth-order valence-electron chi connectivity index (χ4n) is 4.29. The summed E-state index contributed by atoms with van der Waals surface area (Å²) in [5.74, 6) is 0.675. The van der Waals surface area contributed by atoms with Crippen LogP contribution in [0.5, 0.6) is 5.75 Å². The van der Waals surface area contributed by atoms with Crippen molar-refractivity contribution >= 4 is 45.5 Å². The SMILES string of the molecule is COc1ccc(Cn2c3c(c4ccc(C(=O)NCc5cccs5)cc42)CCC3=O)c(Cl)c1. The molecule has 7 heteroatoms. The summed E-state index contributed by atoms with van der Waals surface area (Å²) in [6, 6.07) is 15.2. The molecule has 0 saturated heterocycles. The molecular formula is C25H21ClN2O3S. The molecule has 1 N–H and O–H groups in total. The zero-order valence-electron chi connectivity index (χ0n) is 17.5. The van der Waals surface area contributed by atoms with Gasteiger partial charge in [0.25, 0.3) is 5.91 Å². The number of aromatic nitrogens is 1. The molecule has 2 aromatic carbocycles. The molecule has 0 spiro atoms. The summed E-state index contributed by atoms with van der Waals surface area (Å²) < 4.78 is 7.25. The van der Waals surface area contributed by atoms with Crippen LogP contribution in [0, 0.1) is 0 Å². The van der Waals surface area contributed by atoms with E-state index in [1.807, 2.05) is 52.4 Å². The Hall–Kier alpha value is -3.09. The summed E-state index contributed by atoms with van der Waals surface area (Å²) in [5.41, 5.74) is 4.11. The lowest BCUT2D eigenvalue weighted by atomic mass is 10.1. The smallest absolute Gasteiger partial charge is 0.251 e. The molecule has 0 fully saturated rings. The van der Waals surface area contributed by atoms with Crippen molar-refractivity contribution in [2.24, 2.45) is 0 Å². The van der Waals surface area contributed by atoms with E-state index >= 15 is 0 Å². The quantitative estimate of drug-likeness (QED) is 0.411. The number of ketones is 1. The number of rotatable bonds is 6. The number of carbonyl (C=O) groups excluding carboxylic acids is 2. The van der Waals surface area contributed by atoms with Crippen molar-refractivity contribution < 1.29 is 14.3 Å². The highest BCUT2D eigenvalue weighted by atomic mass is 35.5. The largest absolute Gasteiger partial charge is 0.497 e. The highest BCUT2D eigenvalue weighted by Gasteiger charge is 2.28. The van der Waals surface area contributed by atoms with Gasteiger partial charge in [-0.1, -0.05) is 29.8 Å². The minimum absolute atomic E-state index is 0.129. The first-order valence-corrected chi connectivity index (χ1v) is 11.6. The van der Waals surface area contributed by atoms with E-state index in [2.05, 4.69) is 5.32 Å². The van der Waals surface area contributed by atoms with Crippen LogP contribution in [0.3, 0.4) is 0 Å². The third-order valence-corrected chi connectivity index (χ3v) is 7.12. The van der Waals surface area contributed by atoms with Crippen LogP contribution in [0.1, 0.15) is 43.3 Å². The Bertz CT molecular complexity index is 1340. The average Bonchev–Trinajstić information content (AvgIpc) is 3.52. The zero-order valence-corrected chi connectivity index (χ0v) is 19.1. The first-order valence-electron chi connectivity index (χ1n) is 10.4. The van der Waals surface area contributed by atoms with E-state index < -0.39 is 0 Å². The molecule has 32 heavy (non-hydrogen) atoms. The number of hydrogen-bond acceptors (Lipinski definition) is 4. The second-order valence-electron chi connectivity index (χ2n) is 7.79. The van der Waals surface area contributed by atoms with Crippen LogP contribution < -0.4 is 10.1 Å². The van der Waals surface area contributed by atoms with Gasteiger partial charge in [-0.15, -0.1) is 11.3 Å². The van der Waals surface area contributed by atoms with E-state index in [4.69, 9.17) is 16.3 Å². The Morgan fingerprint density at radius 3 is 2.81 bits per heavy atom. The summed E-state index contributed by atoms with van der Waals surface area (Å²) in [4.78, 5) is 26.6. The molecule has 0 unspecified atom stereocenters. The molecule has 1 aliphatic rings. The van der Waals surface area contributed by atoms with Gasteiger partial charge in [0.1, 0.15) is 5.75 Å². The number of nitrogens with zero attached hydrogens (tertiary/aromatic N) is 1. The van der Waals surface area contributed by atoms with Crippen LogP contribution in [-0.4, -0.2) is 23.4 Å². The molecule has 4 aromatic rings. The Morgan fingerprint density at radius 2 is 2.06 bits per heavy atom. The number of Topliss-reactive ketones (excluding diaryl/α,β-unsaturated/α-hetero) is 1. The van der Waals surface area contributed by atoms with E-state index in [1.165, 1.54) is 0 Å². The number of ether oxygens (including phenoxy) is 1. The van der Waals surface area contributed by atoms with Crippen molar-refractivity contribution in [1.82, 2.24) is 9.88 Å². The van der Waals surface area contributed by atoms with Crippen LogP contribution in [0.25, 0.3) is 10.9 Å². The van der Waals surface area contributed by atoms with Crippen molar-refractivity contribution in [2.45, 2.75) is 25.9 Å². The normalized spacial score (nSPS) is 12.9. The highest BCUT2D eigenvalue weighted by molar-refractivity contribution is 7.09. The maximum Gasteiger partial charge on any atom is 0.251 e. The van der Waals surface area contributed by atoms with Gasteiger partial charge in [0, 0.05) is 39.3 Å². The second-order valence-corrected chi connectivity index (χ2v) is 9.23. The number of thiophene rings is 1. The number of carbonyl (C=O) groups is 2. The lowest BCUT2D eigenvalue weighted by Gasteiger charge is -2.12. The Kier molecular flexibility index (Phi) is 5.49. The van der Waals surface area contributed by atoms with E-state index in [0.717, 1.165) is 39.0 Å². The van der Waals surface area contributed by atoms with Crippen LogP contribution in [-0.2, 0) is 19.5 Å². The van der Waals surface area contributed by atoms with Gasteiger partial charge in [0.2, 0.25) is 0 Å². The van der Waals surface area contributed by atoms with Crippen LogP contribution in [0.2, 0.25) is 5.02 Å². The molecule has 5 nitrogen and oxygen atoms in total. The second kappa shape index (κ2) is 8.45. The number of fused-ring (bicyclic) bond motifs is 3. The molecule has 0 bridgehead atoms. The van der Waals surface area contributed by atoms with E-state index in [1.54, 1.807) is 24.5 Å². The molecule has 0 atom stereocenters. The molecular weight excluding hydrogens is 444 g/mol. The molecule has 0 radical (unpaired) electrons. The van der Waals surface area contributed by atoms with Gasteiger partial charge >= 0.3 is 0 Å². The topological polar surface area (TPSA) is 60.3 Å². The third kappa shape index (κ3) is 3.70. The Balaban J connectivity index is 1.53. The highest BCUT2D eigenvalue weighted by Crippen LogP contribution is 2.35. The fourth-order valence-corrected chi connectivity index (χ4v) is 5.17. The average molecular weight is 465 g/mol. The van der Waals surface area contributed by atoms with Gasteiger partial charge in [-0.3, -0.25) is 9.59 Å². The van der Waals surface area contributed by atoms with E-state index in [-0.39, 0.29) is 11.7 Å². The molecule has 162 valence electrons. The number of nitrogens with one attached hydrogen (secondary N) is 1. The van der Waals surface area contributed by atoms with Gasteiger partial charge in [0.05, 0.1) is 19.3 Å². The van der Waals surface area contributed by atoms with Crippen molar-refractivity contribution in [3.8, 4) is 5.75 Å². The number of methoxy groups -OCH3 is 1. The van der Waals surface area contributed by atoms with Crippen LogP contribution in [0.15, 0.2) is 53.9 Å². The van der Waals surface area contributed by atoms with Gasteiger partial charge in [-0.2, -0.15) is 0 Å². The number of amides is 1. The minimum atomic E-state index is -0.137. The fraction of sp³-hybridized carbons (Fsp3) is 0.200. The first-order chi connectivity index (χ1) is 15.5. The first kappa shape index (κ1) is 20.8. The molecule has 0 saturated carbocycles. The number of halogens is 1. The van der Waals surface area contributed by atoms with Crippen molar-refractivity contribution in [2.75, 3.05) is 7.11 Å². The summed E-state index contributed by atoms with van der Waals surface area (Å²) in [6.45, 7) is 0.937. The van der Waals surface area contributed by atoms with E-state index in [9.17, 15) is 9.59 Å². The maximum absolute atomic E-state index is 12.8. The lowest BCUT2D eigenvalue weighted by Crippen LogP contribution is -2.22. The zero-order chi connectivity index (χ0) is 22.2. The van der Waals surface area contributed by atoms with Crippen LogP contribution >= 0.6 is 22.9 Å². The Morgan fingerprint density at radius 1 is 1.19 bits per heavy atom.